The largest absolute Gasteiger partial charge is 0.497 e. The van der Waals surface area contributed by atoms with E-state index in [1.807, 2.05) is 25.1 Å². The van der Waals surface area contributed by atoms with Gasteiger partial charge >= 0.3 is 5.97 Å². The average molecular weight is 249 g/mol. The van der Waals surface area contributed by atoms with Crippen molar-refractivity contribution in [1.82, 2.24) is 5.32 Å². The van der Waals surface area contributed by atoms with Gasteiger partial charge < -0.3 is 14.8 Å². The number of methoxy groups -OCH3 is 1. The Morgan fingerprint density at radius 1 is 1.50 bits per heavy atom. The van der Waals surface area contributed by atoms with Gasteiger partial charge in [0, 0.05) is 6.04 Å². The summed E-state index contributed by atoms with van der Waals surface area (Å²) in [5.74, 6) is 0.712. The first-order valence-corrected chi connectivity index (χ1v) is 6.30. The normalized spacial score (nSPS) is 18.0. The van der Waals surface area contributed by atoms with Crippen molar-refractivity contribution in [2.24, 2.45) is 0 Å². The zero-order valence-corrected chi connectivity index (χ0v) is 10.9. The van der Waals surface area contributed by atoms with Gasteiger partial charge in [0.25, 0.3) is 0 Å². The minimum Gasteiger partial charge on any atom is -0.497 e. The van der Waals surface area contributed by atoms with Crippen molar-refractivity contribution >= 4 is 5.97 Å². The standard InChI is InChI=1S/C14H19NO3/c1-3-18-14(16)9-13-12-5-4-11(17-2)8-10(12)6-7-15-13/h4-5,8,13,15H,3,6-7,9H2,1-2H3/t13-/m0/s1. The van der Waals surface area contributed by atoms with Gasteiger partial charge in [0.2, 0.25) is 0 Å². The molecule has 0 saturated carbocycles. The molecule has 1 N–H and O–H groups in total. The summed E-state index contributed by atoms with van der Waals surface area (Å²) >= 11 is 0. The Kier molecular flexibility index (Phi) is 4.20. The van der Waals surface area contributed by atoms with Crippen LogP contribution in [0.5, 0.6) is 5.75 Å². The van der Waals surface area contributed by atoms with E-state index in [1.165, 1.54) is 11.1 Å². The van der Waals surface area contributed by atoms with Crippen LogP contribution in [-0.4, -0.2) is 26.2 Å². The molecule has 4 heteroatoms. The van der Waals surface area contributed by atoms with Gasteiger partial charge in [0.1, 0.15) is 5.75 Å². The lowest BCUT2D eigenvalue weighted by molar-refractivity contribution is -0.143. The summed E-state index contributed by atoms with van der Waals surface area (Å²) in [6.45, 7) is 3.14. The highest BCUT2D eigenvalue weighted by Crippen LogP contribution is 2.28. The molecule has 1 aliphatic rings. The zero-order chi connectivity index (χ0) is 13.0. The van der Waals surface area contributed by atoms with Crippen LogP contribution in [0.15, 0.2) is 18.2 Å². The van der Waals surface area contributed by atoms with Gasteiger partial charge in [-0.05, 0) is 43.1 Å². The van der Waals surface area contributed by atoms with Gasteiger partial charge in [0.15, 0.2) is 0 Å². The van der Waals surface area contributed by atoms with E-state index in [-0.39, 0.29) is 12.0 Å². The Morgan fingerprint density at radius 2 is 2.33 bits per heavy atom. The first-order chi connectivity index (χ1) is 8.74. The monoisotopic (exact) mass is 249 g/mol. The van der Waals surface area contributed by atoms with Crippen LogP contribution in [0.4, 0.5) is 0 Å². The van der Waals surface area contributed by atoms with Crippen molar-refractivity contribution in [2.45, 2.75) is 25.8 Å². The number of ether oxygens (including phenoxy) is 2. The highest BCUT2D eigenvalue weighted by atomic mass is 16.5. The minimum atomic E-state index is -0.154. The molecule has 0 fully saturated rings. The first kappa shape index (κ1) is 12.9. The molecule has 1 aliphatic heterocycles. The molecule has 0 spiro atoms. The molecule has 0 aromatic heterocycles. The molecule has 18 heavy (non-hydrogen) atoms. The van der Waals surface area contributed by atoms with E-state index in [9.17, 15) is 4.79 Å². The Morgan fingerprint density at radius 3 is 3.06 bits per heavy atom. The molecule has 0 unspecified atom stereocenters. The maximum absolute atomic E-state index is 11.6. The van der Waals surface area contributed by atoms with Crippen molar-refractivity contribution < 1.29 is 14.3 Å². The average Bonchev–Trinajstić information content (AvgIpc) is 2.38. The van der Waals surface area contributed by atoms with E-state index in [1.54, 1.807) is 7.11 Å². The van der Waals surface area contributed by atoms with Gasteiger partial charge in [0.05, 0.1) is 20.1 Å². The van der Waals surface area contributed by atoms with Gasteiger partial charge in [-0.15, -0.1) is 0 Å². The van der Waals surface area contributed by atoms with Crippen molar-refractivity contribution in [3.05, 3.63) is 29.3 Å². The summed E-state index contributed by atoms with van der Waals surface area (Å²) in [4.78, 5) is 11.6. The predicted octanol–water partition coefficient (Wildman–Crippen LogP) is 1.84. The van der Waals surface area contributed by atoms with Crippen LogP contribution in [0.25, 0.3) is 0 Å². The number of nitrogens with one attached hydrogen (secondary N) is 1. The summed E-state index contributed by atoms with van der Waals surface area (Å²) in [5.41, 5.74) is 2.43. The Labute approximate surface area is 107 Å². The van der Waals surface area contributed by atoms with E-state index in [0.717, 1.165) is 18.7 Å². The number of carbonyl (C=O) groups is 1. The topological polar surface area (TPSA) is 47.6 Å². The SMILES string of the molecule is CCOC(=O)C[C@@H]1NCCc2cc(OC)ccc21. The minimum absolute atomic E-state index is 0.0544. The molecule has 98 valence electrons. The second-order valence-electron chi connectivity index (χ2n) is 4.33. The summed E-state index contributed by atoms with van der Waals surface area (Å²) in [7, 11) is 1.67. The number of hydrogen-bond acceptors (Lipinski definition) is 4. The molecule has 1 aromatic carbocycles. The quantitative estimate of drug-likeness (QED) is 0.827. The van der Waals surface area contributed by atoms with E-state index in [0.29, 0.717) is 13.0 Å². The number of esters is 1. The molecule has 2 rings (SSSR count). The molecule has 0 saturated heterocycles. The third-order valence-corrected chi connectivity index (χ3v) is 3.19. The summed E-state index contributed by atoms with van der Waals surface area (Å²) in [6.07, 6.45) is 1.35. The third-order valence-electron chi connectivity index (χ3n) is 3.19. The lowest BCUT2D eigenvalue weighted by atomic mass is 9.92. The fraction of sp³-hybridized carbons (Fsp3) is 0.500. The maximum Gasteiger partial charge on any atom is 0.307 e. The Balaban J connectivity index is 2.15. The van der Waals surface area contributed by atoms with Crippen molar-refractivity contribution in [3.63, 3.8) is 0 Å². The molecule has 0 aliphatic carbocycles. The molecule has 4 nitrogen and oxygen atoms in total. The van der Waals surface area contributed by atoms with E-state index in [4.69, 9.17) is 9.47 Å². The molecule has 0 radical (unpaired) electrons. The van der Waals surface area contributed by atoms with E-state index >= 15 is 0 Å². The lowest BCUT2D eigenvalue weighted by Crippen LogP contribution is -2.31. The number of rotatable bonds is 4. The van der Waals surface area contributed by atoms with E-state index < -0.39 is 0 Å². The predicted molar refractivity (Wildman–Crippen MR) is 68.7 cm³/mol. The summed E-state index contributed by atoms with van der Waals surface area (Å²) in [5, 5.41) is 3.36. The van der Waals surface area contributed by atoms with Gasteiger partial charge in [-0.1, -0.05) is 6.07 Å². The van der Waals surface area contributed by atoms with Crippen LogP contribution in [0.1, 0.15) is 30.5 Å². The smallest absolute Gasteiger partial charge is 0.307 e. The van der Waals surface area contributed by atoms with Crippen molar-refractivity contribution in [2.75, 3.05) is 20.3 Å². The molecule has 0 amide bonds. The van der Waals surface area contributed by atoms with Crippen LogP contribution >= 0.6 is 0 Å². The van der Waals surface area contributed by atoms with E-state index in [2.05, 4.69) is 5.32 Å². The fourth-order valence-electron chi connectivity index (χ4n) is 2.33. The molecular formula is C14H19NO3. The third kappa shape index (κ3) is 2.82. The van der Waals surface area contributed by atoms with Crippen LogP contribution in [0.2, 0.25) is 0 Å². The zero-order valence-electron chi connectivity index (χ0n) is 10.9. The van der Waals surface area contributed by atoms with Gasteiger partial charge in [-0.3, -0.25) is 4.79 Å². The molecular weight excluding hydrogens is 230 g/mol. The van der Waals surface area contributed by atoms with Crippen LogP contribution in [0, 0.1) is 0 Å². The number of fused-ring (bicyclic) bond motifs is 1. The molecule has 1 atom stereocenters. The van der Waals surface area contributed by atoms with Crippen LogP contribution in [0.3, 0.4) is 0 Å². The highest BCUT2D eigenvalue weighted by Gasteiger charge is 2.22. The van der Waals surface area contributed by atoms with Crippen LogP contribution in [-0.2, 0) is 16.0 Å². The van der Waals surface area contributed by atoms with Crippen molar-refractivity contribution in [3.8, 4) is 5.75 Å². The number of carbonyl (C=O) groups excluding carboxylic acids is 1. The Hall–Kier alpha value is -1.55. The van der Waals surface area contributed by atoms with Gasteiger partial charge in [-0.2, -0.15) is 0 Å². The summed E-state index contributed by atoms with van der Waals surface area (Å²) in [6, 6.07) is 6.07. The second-order valence-corrected chi connectivity index (χ2v) is 4.33. The second kappa shape index (κ2) is 5.87. The maximum atomic E-state index is 11.6. The first-order valence-electron chi connectivity index (χ1n) is 6.30. The molecule has 1 heterocycles. The van der Waals surface area contributed by atoms with Crippen LogP contribution < -0.4 is 10.1 Å². The van der Waals surface area contributed by atoms with Crippen molar-refractivity contribution in [1.29, 1.82) is 0 Å². The molecule has 1 aromatic rings. The Bertz CT molecular complexity index is 431. The fourth-order valence-corrected chi connectivity index (χ4v) is 2.33. The number of hydrogen-bond donors (Lipinski definition) is 1. The molecule has 0 bridgehead atoms. The van der Waals surface area contributed by atoms with Gasteiger partial charge in [-0.25, -0.2) is 0 Å². The summed E-state index contributed by atoms with van der Waals surface area (Å²) < 4.78 is 10.2. The lowest BCUT2D eigenvalue weighted by Gasteiger charge is -2.26. The number of benzene rings is 1. The highest BCUT2D eigenvalue weighted by molar-refractivity contribution is 5.70.